The van der Waals surface area contributed by atoms with Gasteiger partial charge in [0.25, 0.3) is 0 Å². The maximum Gasteiger partial charge on any atom is 0.236 e. The highest BCUT2D eigenvalue weighted by atomic mass is 16.2. The van der Waals surface area contributed by atoms with E-state index in [4.69, 9.17) is 0 Å². The highest BCUT2D eigenvalue weighted by molar-refractivity contribution is 5.82. The van der Waals surface area contributed by atoms with Crippen LogP contribution >= 0.6 is 0 Å². The molecule has 1 aliphatic carbocycles. The molecule has 3 rings (SSSR count). The molecule has 3 fully saturated rings. The molecule has 6 nitrogen and oxygen atoms in total. The number of piperazine rings is 1. The molecule has 0 atom stereocenters. The first-order valence-corrected chi connectivity index (χ1v) is 9.61. The van der Waals surface area contributed by atoms with Gasteiger partial charge in [0, 0.05) is 32.1 Å². The normalized spacial score (nSPS) is 23.5. The molecule has 0 radical (unpaired) electrons. The fraction of sp³-hybridized carbons (Fsp3) is 0.889. The molecule has 0 aromatic carbocycles. The number of amides is 2. The first-order chi connectivity index (χ1) is 11.7. The van der Waals surface area contributed by atoms with Gasteiger partial charge < -0.3 is 15.1 Å². The SMILES string of the molecule is CNCCC1CCN(CC(=O)N2CCN(C(=O)C3CC3)CC2)CC1. The van der Waals surface area contributed by atoms with Crippen LogP contribution in [0.4, 0.5) is 0 Å². The van der Waals surface area contributed by atoms with Crippen molar-refractivity contribution >= 4 is 11.8 Å². The number of hydrogen-bond donors (Lipinski definition) is 1. The molecule has 24 heavy (non-hydrogen) atoms. The molecule has 0 unspecified atom stereocenters. The summed E-state index contributed by atoms with van der Waals surface area (Å²) in [6.45, 7) is 6.56. The van der Waals surface area contributed by atoms with Crippen LogP contribution in [0.5, 0.6) is 0 Å². The summed E-state index contributed by atoms with van der Waals surface area (Å²) in [5.41, 5.74) is 0. The lowest BCUT2D eigenvalue weighted by molar-refractivity contribution is -0.141. The second-order valence-corrected chi connectivity index (χ2v) is 7.59. The minimum Gasteiger partial charge on any atom is -0.339 e. The van der Waals surface area contributed by atoms with E-state index >= 15 is 0 Å². The van der Waals surface area contributed by atoms with Crippen LogP contribution in [0, 0.1) is 11.8 Å². The van der Waals surface area contributed by atoms with E-state index in [1.807, 2.05) is 16.8 Å². The summed E-state index contributed by atoms with van der Waals surface area (Å²) in [7, 11) is 2.01. The molecule has 2 amide bonds. The van der Waals surface area contributed by atoms with Crippen LogP contribution in [0.1, 0.15) is 32.1 Å². The fourth-order valence-electron chi connectivity index (χ4n) is 3.84. The van der Waals surface area contributed by atoms with Crippen LogP contribution < -0.4 is 5.32 Å². The maximum absolute atomic E-state index is 12.5. The number of hydrogen-bond acceptors (Lipinski definition) is 4. The van der Waals surface area contributed by atoms with Crippen molar-refractivity contribution in [3.63, 3.8) is 0 Å². The van der Waals surface area contributed by atoms with Crippen molar-refractivity contribution in [3.05, 3.63) is 0 Å². The molecule has 2 aliphatic heterocycles. The second kappa shape index (κ2) is 8.30. The second-order valence-electron chi connectivity index (χ2n) is 7.59. The number of likely N-dealkylation sites (tertiary alicyclic amines) is 1. The number of nitrogens with one attached hydrogen (secondary N) is 1. The molecule has 3 aliphatic rings. The Morgan fingerprint density at radius 1 is 0.917 bits per heavy atom. The highest BCUT2D eigenvalue weighted by Gasteiger charge is 2.35. The van der Waals surface area contributed by atoms with E-state index in [9.17, 15) is 9.59 Å². The van der Waals surface area contributed by atoms with E-state index in [-0.39, 0.29) is 11.8 Å². The number of nitrogens with zero attached hydrogens (tertiary/aromatic N) is 3. The Balaban J connectivity index is 1.35. The van der Waals surface area contributed by atoms with Crippen molar-refractivity contribution in [1.82, 2.24) is 20.0 Å². The molecule has 1 N–H and O–H groups in total. The predicted molar refractivity (Wildman–Crippen MR) is 93.6 cm³/mol. The Morgan fingerprint density at radius 2 is 1.54 bits per heavy atom. The third kappa shape index (κ3) is 4.70. The Bertz CT molecular complexity index is 436. The van der Waals surface area contributed by atoms with Crippen molar-refractivity contribution in [2.24, 2.45) is 11.8 Å². The molecular formula is C18H32N4O2. The van der Waals surface area contributed by atoms with Gasteiger partial charge in [-0.25, -0.2) is 0 Å². The van der Waals surface area contributed by atoms with Gasteiger partial charge in [0.15, 0.2) is 0 Å². The van der Waals surface area contributed by atoms with Gasteiger partial charge in [0.05, 0.1) is 6.54 Å². The number of piperidine rings is 1. The average molecular weight is 336 g/mol. The van der Waals surface area contributed by atoms with Crippen LogP contribution in [0.2, 0.25) is 0 Å². The van der Waals surface area contributed by atoms with E-state index in [2.05, 4.69) is 10.2 Å². The van der Waals surface area contributed by atoms with Crippen molar-refractivity contribution in [2.75, 3.05) is 59.4 Å². The minimum atomic E-state index is 0.238. The first-order valence-electron chi connectivity index (χ1n) is 9.61. The Kier molecular flexibility index (Phi) is 6.11. The van der Waals surface area contributed by atoms with Gasteiger partial charge in [0.2, 0.25) is 11.8 Å². The Morgan fingerprint density at radius 3 is 2.12 bits per heavy atom. The standard InChI is InChI=1S/C18H32N4O2/c1-19-7-4-15-5-8-20(9-6-15)14-17(23)21-10-12-22(13-11-21)18(24)16-2-3-16/h15-16,19H,2-14H2,1H3. The van der Waals surface area contributed by atoms with Crippen LogP contribution in [-0.2, 0) is 9.59 Å². The van der Waals surface area contributed by atoms with E-state index in [0.29, 0.717) is 38.6 Å². The number of carbonyl (C=O) groups is 2. The van der Waals surface area contributed by atoms with Crippen molar-refractivity contribution in [3.8, 4) is 0 Å². The van der Waals surface area contributed by atoms with Crippen LogP contribution in [0.15, 0.2) is 0 Å². The number of carbonyl (C=O) groups excluding carboxylic acids is 2. The van der Waals surface area contributed by atoms with E-state index in [1.165, 1.54) is 19.3 Å². The van der Waals surface area contributed by atoms with Crippen molar-refractivity contribution in [2.45, 2.75) is 32.1 Å². The van der Waals surface area contributed by atoms with Crippen LogP contribution in [0.25, 0.3) is 0 Å². The van der Waals surface area contributed by atoms with E-state index < -0.39 is 0 Å². The zero-order chi connectivity index (χ0) is 16.9. The molecule has 0 spiro atoms. The third-order valence-electron chi connectivity index (χ3n) is 5.74. The summed E-state index contributed by atoms with van der Waals surface area (Å²) < 4.78 is 0. The molecule has 136 valence electrons. The molecule has 1 saturated carbocycles. The number of rotatable bonds is 6. The third-order valence-corrected chi connectivity index (χ3v) is 5.74. The largest absolute Gasteiger partial charge is 0.339 e. The van der Waals surface area contributed by atoms with Gasteiger partial charge in [-0.3, -0.25) is 14.5 Å². The van der Waals surface area contributed by atoms with Gasteiger partial charge in [-0.05, 0) is 64.7 Å². The Hall–Kier alpha value is -1.14. The fourth-order valence-corrected chi connectivity index (χ4v) is 3.84. The summed E-state index contributed by atoms with van der Waals surface area (Å²) in [6.07, 6.45) is 5.77. The molecule has 2 heterocycles. The smallest absolute Gasteiger partial charge is 0.236 e. The predicted octanol–water partition coefficient (Wildman–Crippen LogP) is 0.389. The quantitative estimate of drug-likeness (QED) is 0.762. The maximum atomic E-state index is 12.5. The zero-order valence-electron chi connectivity index (χ0n) is 15.0. The lowest BCUT2D eigenvalue weighted by atomic mass is 9.93. The van der Waals surface area contributed by atoms with Gasteiger partial charge >= 0.3 is 0 Å². The summed E-state index contributed by atoms with van der Waals surface area (Å²) in [5.74, 6) is 1.64. The minimum absolute atomic E-state index is 0.238. The zero-order valence-corrected chi connectivity index (χ0v) is 15.0. The van der Waals surface area contributed by atoms with Crippen molar-refractivity contribution < 1.29 is 9.59 Å². The van der Waals surface area contributed by atoms with Gasteiger partial charge in [-0.15, -0.1) is 0 Å². The summed E-state index contributed by atoms with van der Waals surface area (Å²) in [6, 6.07) is 0. The van der Waals surface area contributed by atoms with E-state index in [0.717, 1.165) is 38.4 Å². The van der Waals surface area contributed by atoms with Crippen molar-refractivity contribution in [1.29, 1.82) is 0 Å². The van der Waals surface area contributed by atoms with Gasteiger partial charge in [0.1, 0.15) is 0 Å². The van der Waals surface area contributed by atoms with E-state index in [1.54, 1.807) is 0 Å². The Labute approximate surface area is 145 Å². The van der Waals surface area contributed by atoms with Crippen LogP contribution in [-0.4, -0.2) is 85.9 Å². The van der Waals surface area contributed by atoms with Gasteiger partial charge in [-0.1, -0.05) is 0 Å². The van der Waals surface area contributed by atoms with Crippen LogP contribution in [0.3, 0.4) is 0 Å². The average Bonchev–Trinajstić information content (AvgIpc) is 3.46. The first kappa shape index (κ1) is 17.7. The monoisotopic (exact) mass is 336 g/mol. The topological polar surface area (TPSA) is 55.9 Å². The summed E-state index contributed by atoms with van der Waals surface area (Å²) >= 11 is 0. The summed E-state index contributed by atoms with van der Waals surface area (Å²) in [5, 5.41) is 3.22. The lowest BCUT2D eigenvalue weighted by Crippen LogP contribution is -2.53. The lowest BCUT2D eigenvalue weighted by Gasteiger charge is -2.37. The molecule has 0 aromatic rings. The molecule has 0 bridgehead atoms. The molecule has 6 heteroatoms. The highest BCUT2D eigenvalue weighted by Crippen LogP contribution is 2.31. The molecule has 0 aromatic heterocycles. The molecular weight excluding hydrogens is 304 g/mol. The van der Waals surface area contributed by atoms with Gasteiger partial charge in [-0.2, -0.15) is 0 Å². The molecule has 2 saturated heterocycles. The summed E-state index contributed by atoms with van der Waals surface area (Å²) in [4.78, 5) is 30.8.